The van der Waals surface area contributed by atoms with Gasteiger partial charge in [0.05, 0.1) is 11.7 Å². The zero-order valence-electron chi connectivity index (χ0n) is 6.26. The van der Waals surface area contributed by atoms with E-state index in [-0.39, 0.29) is 0 Å². The summed E-state index contributed by atoms with van der Waals surface area (Å²) in [5.41, 5.74) is 0.969. The average molecular weight is 508 g/mol. The van der Waals surface area contributed by atoms with Gasteiger partial charge in [-0.1, -0.05) is 0 Å². The van der Waals surface area contributed by atoms with Crippen molar-refractivity contribution in [3.05, 3.63) is 29.0 Å². The van der Waals surface area contributed by atoms with Gasteiger partial charge in [-0.25, -0.2) is 0 Å². The molecule has 0 N–H and O–H groups in total. The van der Waals surface area contributed by atoms with Gasteiger partial charge in [0.15, 0.2) is 0 Å². The minimum absolute atomic E-state index is 0.969. The van der Waals surface area contributed by atoms with Crippen LogP contribution in [0, 0.1) is 10.7 Å². The Balaban J connectivity index is 2.94. The molecule has 0 aliphatic heterocycles. The fraction of sp³-hybridized carbons (Fsp3) is 0. The van der Waals surface area contributed by atoms with Crippen molar-refractivity contribution in [1.82, 2.24) is 10.2 Å². The molecule has 0 fully saturated rings. The summed E-state index contributed by atoms with van der Waals surface area (Å²) in [6.07, 6.45) is 1.73. The van der Waals surface area contributed by atoms with E-state index >= 15 is 0 Å². The van der Waals surface area contributed by atoms with Gasteiger partial charge in [-0.3, -0.25) is 0 Å². The Labute approximate surface area is 116 Å². The highest BCUT2D eigenvalue weighted by molar-refractivity contribution is 14.1. The lowest BCUT2D eigenvalue weighted by atomic mass is 10.2. The molecule has 0 radical (unpaired) electrons. The quantitative estimate of drug-likeness (QED) is 0.403. The molecule has 0 bridgehead atoms. The molecule has 0 amide bonds. The van der Waals surface area contributed by atoms with Gasteiger partial charge < -0.3 is 0 Å². The van der Waals surface area contributed by atoms with Gasteiger partial charge in [0, 0.05) is 16.1 Å². The molecule has 0 aliphatic carbocycles. The van der Waals surface area contributed by atoms with Crippen molar-refractivity contribution in [2.75, 3.05) is 0 Å². The SMILES string of the molecule is Ic1cc2nnccc2c(I)c1I. The van der Waals surface area contributed by atoms with Crippen molar-refractivity contribution >= 4 is 78.7 Å². The Hall–Kier alpha value is 0.750. The fourth-order valence-electron chi connectivity index (χ4n) is 1.04. The van der Waals surface area contributed by atoms with E-state index in [0.717, 1.165) is 5.52 Å². The van der Waals surface area contributed by atoms with Gasteiger partial charge in [-0.15, -0.1) is 0 Å². The average Bonchev–Trinajstić information content (AvgIpc) is 2.15. The fourth-order valence-corrected chi connectivity index (χ4v) is 3.31. The topological polar surface area (TPSA) is 25.8 Å². The lowest BCUT2D eigenvalue weighted by Crippen LogP contribution is -1.91. The standard InChI is InChI=1S/C8H3I3N2/c9-5-3-6-4(1-2-12-13-6)7(10)8(5)11/h1-3H. The number of rotatable bonds is 0. The Morgan fingerprint density at radius 1 is 1.08 bits per heavy atom. The molecule has 66 valence electrons. The molecule has 1 aromatic carbocycles. The second-order valence-electron chi connectivity index (χ2n) is 2.45. The third kappa shape index (κ3) is 1.91. The van der Waals surface area contributed by atoms with Crippen LogP contribution in [0.3, 0.4) is 0 Å². The first-order chi connectivity index (χ1) is 6.20. The van der Waals surface area contributed by atoms with Crippen molar-refractivity contribution in [2.24, 2.45) is 0 Å². The van der Waals surface area contributed by atoms with E-state index in [1.807, 2.05) is 6.07 Å². The maximum absolute atomic E-state index is 4.08. The molecule has 13 heavy (non-hydrogen) atoms. The second-order valence-corrected chi connectivity index (χ2v) is 5.77. The number of nitrogens with zero attached hydrogens (tertiary/aromatic N) is 2. The predicted octanol–water partition coefficient (Wildman–Crippen LogP) is 3.44. The van der Waals surface area contributed by atoms with Crippen molar-refractivity contribution in [3.8, 4) is 0 Å². The molecule has 2 rings (SSSR count). The van der Waals surface area contributed by atoms with Crippen LogP contribution < -0.4 is 0 Å². The smallest absolute Gasteiger partial charge is 0.0951 e. The van der Waals surface area contributed by atoms with Crippen molar-refractivity contribution < 1.29 is 0 Å². The van der Waals surface area contributed by atoms with Crippen LogP contribution in [0.15, 0.2) is 18.3 Å². The van der Waals surface area contributed by atoms with Gasteiger partial charge >= 0.3 is 0 Å². The molecule has 0 unspecified atom stereocenters. The molecule has 0 atom stereocenters. The molecule has 2 aromatic rings. The normalized spacial score (nSPS) is 10.7. The summed E-state index contributed by atoms with van der Waals surface area (Å²) in [5, 5.41) is 9.13. The van der Waals surface area contributed by atoms with E-state index in [9.17, 15) is 0 Å². The number of hydrogen-bond acceptors (Lipinski definition) is 2. The van der Waals surface area contributed by atoms with Crippen molar-refractivity contribution in [2.45, 2.75) is 0 Å². The van der Waals surface area contributed by atoms with Gasteiger partial charge in [0.2, 0.25) is 0 Å². The molecule has 0 saturated heterocycles. The van der Waals surface area contributed by atoms with Crippen molar-refractivity contribution in [1.29, 1.82) is 0 Å². The highest BCUT2D eigenvalue weighted by Gasteiger charge is 2.07. The summed E-state index contributed by atoms with van der Waals surface area (Å²) in [7, 11) is 0. The summed E-state index contributed by atoms with van der Waals surface area (Å²) in [6.45, 7) is 0. The lowest BCUT2D eigenvalue weighted by molar-refractivity contribution is 1.07. The first kappa shape index (κ1) is 10.3. The predicted molar refractivity (Wildman–Crippen MR) is 77.7 cm³/mol. The van der Waals surface area contributed by atoms with Gasteiger partial charge in [0.25, 0.3) is 0 Å². The zero-order valence-corrected chi connectivity index (χ0v) is 12.7. The molecular weight excluding hydrogens is 505 g/mol. The maximum atomic E-state index is 4.08. The van der Waals surface area contributed by atoms with Crippen LogP contribution in [0.5, 0.6) is 0 Å². The van der Waals surface area contributed by atoms with Gasteiger partial charge in [-0.2, -0.15) is 10.2 Å². The van der Waals surface area contributed by atoms with Crippen LogP contribution in [0.4, 0.5) is 0 Å². The molecule has 1 aromatic heterocycles. The molecule has 0 saturated carbocycles. The summed E-state index contributed by atoms with van der Waals surface area (Å²) >= 11 is 7.02. The highest BCUT2D eigenvalue weighted by atomic mass is 127. The summed E-state index contributed by atoms with van der Waals surface area (Å²) in [6, 6.07) is 4.06. The van der Waals surface area contributed by atoms with E-state index in [0.29, 0.717) is 0 Å². The molecule has 5 heteroatoms. The summed E-state index contributed by atoms with van der Waals surface area (Å²) in [5.74, 6) is 0. The van der Waals surface area contributed by atoms with Crippen LogP contribution in [0.2, 0.25) is 0 Å². The largest absolute Gasteiger partial charge is 0.159 e. The van der Waals surface area contributed by atoms with Crippen LogP contribution >= 0.6 is 67.8 Å². The lowest BCUT2D eigenvalue weighted by Gasteiger charge is -2.03. The highest BCUT2D eigenvalue weighted by Crippen LogP contribution is 2.27. The van der Waals surface area contributed by atoms with E-state index in [4.69, 9.17) is 0 Å². The minimum atomic E-state index is 0.969. The number of halogens is 3. The Morgan fingerprint density at radius 3 is 2.62 bits per heavy atom. The van der Waals surface area contributed by atoms with E-state index in [1.54, 1.807) is 6.20 Å². The van der Waals surface area contributed by atoms with Crippen LogP contribution in [0.1, 0.15) is 0 Å². The Bertz CT molecular complexity index is 470. The van der Waals surface area contributed by atoms with Gasteiger partial charge in [0.1, 0.15) is 0 Å². The Morgan fingerprint density at radius 2 is 1.85 bits per heavy atom. The molecular formula is C8H3I3N2. The number of hydrogen-bond donors (Lipinski definition) is 0. The third-order valence-corrected chi connectivity index (χ3v) is 6.81. The molecule has 1 heterocycles. The minimum Gasteiger partial charge on any atom is -0.159 e. The van der Waals surface area contributed by atoms with Crippen LogP contribution in [-0.4, -0.2) is 10.2 Å². The van der Waals surface area contributed by atoms with E-state index in [1.165, 1.54) is 16.1 Å². The zero-order chi connectivity index (χ0) is 9.42. The number of benzene rings is 1. The third-order valence-electron chi connectivity index (χ3n) is 1.65. The van der Waals surface area contributed by atoms with Crippen molar-refractivity contribution in [3.63, 3.8) is 0 Å². The molecule has 0 spiro atoms. The Kier molecular flexibility index (Phi) is 3.23. The number of aromatic nitrogens is 2. The number of fused-ring (bicyclic) bond motifs is 1. The van der Waals surface area contributed by atoms with Gasteiger partial charge in [-0.05, 0) is 79.9 Å². The second kappa shape index (κ2) is 4.09. The molecule has 2 nitrogen and oxygen atoms in total. The van der Waals surface area contributed by atoms with E-state index in [2.05, 4.69) is 84.0 Å². The first-order valence-electron chi connectivity index (χ1n) is 3.45. The summed E-state index contributed by atoms with van der Waals surface area (Å²) in [4.78, 5) is 0. The maximum Gasteiger partial charge on any atom is 0.0951 e. The van der Waals surface area contributed by atoms with E-state index < -0.39 is 0 Å². The summed E-state index contributed by atoms with van der Waals surface area (Å²) < 4.78 is 3.78. The first-order valence-corrected chi connectivity index (χ1v) is 6.68. The van der Waals surface area contributed by atoms with Crippen LogP contribution in [0.25, 0.3) is 10.9 Å². The van der Waals surface area contributed by atoms with Crippen LogP contribution in [-0.2, 0) is 0 Å². The monoisotopic (exact) mass is 508 g/mol. The molecule has 0 aliphatic rings.